The summed E-state index contributed by atoms with van der Waals surface area (Å²) in [6.45, 7) is 4.60. The molecule has 1 aliphatic heterocycles. The van der Waals surface area contributed by atoms with Crippen LogP contribution in [0.25, 0.3) is 11.3 Å². The number of carbonyl (C=O) groups excluding carboxylic acids is 1. The zero-order valence-electron chi connectivity index (χ0n) is 14.1. The molecule has 1 aromatic heterocycles. The molecule has 1 saturated heterocycles. The fourth-order valence-electron chi connectivity index (χ4n) is 2.84. The number of ether oxygens (including phenoxy) is 1. The topological polar surface area (TPSA) is 69.0 Å². The van der Waals surface area contributed by atoms with Gasteiger partial charge in [0, 0.05) is 18.7 Å². The predicted molar refractivity (Wildman–Crippen MR) is 91.4 cm³/mol. The molecule has 1 aromatic carbocycles. The molecule has 2 aromatic rings. The average molecular weight is 328 g/mol. The van der Waals surface area contributed by atoms with E-state index in [0.717, 1.165) is 37.1 Å². The molecule has 1 N–H and O–H groups in total. The number of hydrogen-bond acceptors (Lipinski definition) is 4. The Morgan fingerprint density at radius 1 is 1.38 bits per heavy atom. The van der Waals surface area contributed by atoms with Crippen LogP contribution in [0.15, 0.2) is 30.5 Å². The maximum atomic E-state index is 12.0. The number of aromatic nitrogens is 3. The number of amides is 1. The third-order valence-electron chi connectivity index (χ3n) is 4.37. The molecule has 24 heavy (non-hydrogen) atoms. The summed E-state index contributed by atoms with van der Waals surface area (Å²) in [5, 5.41) is 11.3. The standard InChI is InChI=1S/C18H24N4O2/c1-2-14-5-7-15(8-6-14)17-12-22(21-20-17)10-9-19-18(23)16-4-3-11-24-13-16/h5-8,12,16H,2-4,9-11,13H2,1H3,(H,19,23). The first kappa shape index (κ1) is 16.6. The normalized spacial score (nSPS) is 17.6. The van der Waals surface area contributed by atoms with E-state index in [1.54, 1.807) is 4.68 Å². The van der Waals surface area contributed by atoms with E-state index in [0.29, 0.717) is 19.7 Å². The molecule has 1 unspecified atom stereocenters. The van der Waals surface area contributed by atoms with Crippen molar-refractivity contribution < 1.29 is 9.53 Å². The summed E-state index contributed by atoms with van der Waals surface area (Å²) in [5.74, 6) is 0.0623. The van der Waals surface area contributed by atoms with Gasteiger partial charge in [0.15, 0.2) is 0 Å². The summed E-state index contributed by atoms with van der Waals surface area (Å²) < 4.78 is 7.11. The number of carbonyl (C=O) groups is 1. The highest BCUT2D eigenvalue weighted by molar-refractivity contribution is 5.78. The number of rotatable bonds is 6. The Morgan fingerprint density at radius 2 is 2.21 bits per heavy atom. The first-order valence-corrected chi connectivity index (χ1v) is 8.61. The van der Waals surface area contributed by atoms with Crippen LogP contribution < -0.4 is 5.32 Å². The maximum absolute atomic E-state index is 12.0. The molecule has 0 bridgehead atoms. The summed E-state index contributed by atoms with van der Waals surface area (Å²) in [6, 6.07) is 8.36. The smallest absolute Gasteiger partial charge is 0.225 e. The lowest BCUT2D eigenvalue weighted by Crippen LogP contribution is -2.37. The maximum Gasteiger partial charge on any atom is 0.225 e. The minimum atomic E-state index is -0.0119. The van der Waals surface area contributed by atoms with E-state index in [-0.39, 0.29) is 11.8 Å². The van der Waals surface area contributed by atoms with Crippen molar-refractivity contribution in [3.05, 3.63) is 36.0 Å². The van der Waals surface area contributed by atoms with Gasteiger partial charge in [0.1, 0.15) is 5.69 Å². The van der Waals surface area contributed by atoms with Crippen LogP contribution in [-0.4, -0.2) is 40.7 Å². The zero-order chi connectivity index (χ0) is 16.8. The van der Waals surface area contributed by atoms with Crippen molar-refractivity contribution in [2.75, 3.05) is 19.8 Å². The van der Waals surface area contributed by atoms with Crippen molar-refractivity contribution in [3.8, 4) is 11.3 Å². The highest BCUT2D eigenvalue weighted by atomic mass is 16.5. The van der Waals surface area contributed by atoms with Crippen LogP contribution in [0.1, 0.15) is 25.3 Å². The van der Waals surface area contributed by atoms with Gasteiger partial charge in [0.25, 0.3) is 0 Å². The van der Waals surface area contributed by atoms with Crippen molar-refractivity contribution in [2.24, 2.45) is 5.92 Å². The van der Waals surface area contributed by atoms with Gasteiger partial charge in [-0.3, -0.25) is 9.48 Å². The van der Waals surface area contributed by atoms with E-state index in [1.165, 1.54) is 5.56 Å². The number of aryl methyl sites for hydroxylation is 1. The van der Waals surface area contributed by atoms with Gasteiger partial charge in [0.2, 0.25) is 5.91 Å². The molecule has 3 rings (SSSR count). The van der Waals surface area contributed by atoms with Crippen LogP contribution in [-0.2, 0) is 22.5 Å². The van der Waals surface area contributed by atoms with Crippen molar-refractivity contribution in [2.45, 2.75) is 32.7 Å². The molecule has 2 heterocycles. The molecule has 1 amide bonds. The molecular weight excluding hydrogens is 304 g/mol. The molecule has 1 atom stereocenters. The highest BCUT2D eigenvalue weighted by Gasteiger charge is 2.21. The quantitative estimate of drug-likeness (QED) is 0.881. The lowest BCUT2D eigenvalue weighted by molar-refractivity contribution is -0.128. The van der Waals surface area contributed by atoms with Gasteiger partial charge in [-0.15, -0.1) is 5.10 Å². The Kier molecular flexibility index (Phi) is 5.59. The lowest BCUT2D eigenvalue weighted by atomic mass is 10.0. The van der Waals surface area contributed by atoms with E-state index >= 15 is 0 Å². The van der Waals surface area contributed by atoms with E-state index in [9.17, 15) is 4.79 Å². The second-order valence-electron chi connectivity index (χ2n) is 6.12. The van der Waals surface area contributed by atoms with Gasteiger partial charge in [-0.2, -0.15) is 0 Å². The summed E-state index contributed by atoms with van der Waals surface area (Å²) in [4.78, 5) is 12.0. The van der Waals surface area contributed by atoms with Crippen LogP contribution in [0.5, 0.6) is 0 Å². The van der Waals surface area contributed by atoms with Gasteiger partial charge in [0.05, 0.1) is 25.3 Å². The molecule has 0 saturated carbocycles. The van der Waals surface area contributed by atoms with Gasteiger partial charge in [-0.1, -0.05) is 36.4 Å². The Morgan fingerprint density at radius 3 is 2.92 bits per heavy atom. The van der Waals surface area contributed by atoms with Crippen LogP contribution >= 0.6 is 0 Å². The number of nitrogens with zero attached hydrogens (tertiary/aromatic N) is 3. The minimum absolute atomic E-state index is 0.0119. The van der Waals surface area contributed by atoms with E-state index in [4.69, 9.17) is 4.74 Å². The number of nitrogens with one attached hydrogen (secondary N) is 1. The largest absolute Gasteiger partial charge is 0.381 e. The fourth-order valence-corrected chi connectivity index (χ4v) is 2.84. The molecule has 0 radical (unpaired) electrons. The Hall–Kier alpha value is -2.21. The molecule has 1 aliphatic rings. The third kappa shape index (κ3) is 4.20. The average Bonchev–Trinajstić information content (AvgIpc) is 3.11. The molecule has 6 nitrogen and oxygen atoms in total. The molecule has 0 aliphatic carbocycles. The van der Waals surface area contributed by atoms with Crippen molar-refractivity contribution in [1.29, 1.82) is 0 Å². The fraction of sp³-hybridized carbons (Fsp3) is 0.500. The molecule has 128 valence electrons. The van der Waals surface area contributed by atoms with E-state index in [1.807, 2.05) is 6.20 Å². The second kappa shape index (κ2) is 8.06. The van der Waals surface area contributed by atoms with Gasteiger partial charge >= 0.3 is 0 Å². The summed E-state index contributed by atoms with van der Waals surface area (Å²) in [5.41, 5.74) is 3.21. The SMILES string of the molecule is CCc1ccc(-c2cn(CCNC(=O)C3CCCOC3)nn2)cc1. The number of hydrogen-bond donors (Lipinski definition) is 1. The Labute approximate surface area is 142 Å². The van der Waals surface area contributed by atoms with Crippen molar-refractivity contribution in [3.63, 3.8) is 0 Å². The summed E-state index contributed by atoms with van der Waals surface area (Å²) in [6.07, 6.45) is 4.81. The van der Waals surface area contributed by atoms with Crippen LogP contribution in [0, 0.1) is 5.92 Å². The van der Waals surface area contributed by atoms with Crippen LogP contribution in [0.3, 0.4) is 0 Å². The molecular formula is C18H24N4O2. The van der Waals surface area contributed by atoms with Gasteiger partial charge in [-0.05, 0) is 24.8 Å². The molecule has 6 heteroatoms. The summed E-state index contributed by atoms with van der Waals surface area (Å²) in [7, 11) is 0. The monoisotopic (exact) mass is 328 g/mol. The Balaban J connectivity index is 1.49. The highest BCUT2D eigenvalue weighted by Crippen LogP contribution is 2.17. The first-order chi connectivity index (χ1) is 11.8. The van der Waals surface area contributed by atoms with Crippen molar-refractivity contribution in [1.82, 2.24) is 20.3 Å². The van der Waals surface area contributed by atoms with Crippen LogP contribution in [0.2, 0.25) is 0 Å². The zero-order valence-corrected chi connectivity index (χ0v) is 14.1. The second-order valence-corrected chi connectivity index (χ2v) is 6.12. The van der Waals surface area contributed by atoms with Gasteiger partial charge in [-0.25, -0.2) is 0 Å². The minimum Gasteiger partial charge on any atom is -0.381 e. The predicted octanol–water partition coefficient (Wildman–Crippen LogP) is 2.05. The van der Waals surface area contributed by atoms with Gasteiger partial charge < -0.3 is 10.1 Å². The van der Waals surface area contributed by atoms with Crippen LogP contribution in [0.4, 0.5) is 0 Å². The summed E-state index contributed by atoms with van der Waals surface area (Å²) >= 11 is 0. The van der Waals surface area contributed by atoms with E-state index in [2.05, 4.69) is 46.8 Å². The number of benzene rings is 1. The lowest BCUT2D eigenvalue weighted by Gasteiger charge is -2.21. The van der Waals surface area contributed by atoms with Crippen molar-refractivity contribution >= 4 is 5.91 Å². The molecule has 1 fully saturated rings. The first-order valence-electron chi connectivity index (χ1n) is 8.61. The Bertz CT molecular complexity index is 660. The van der Waals surface area contributed by atoms with E-state index < -0.39 is 0 Å². The third-order valence-corrected chi connectivity index (χ3v) is 4.37. The molecule has 0 spiro atoms.